The zero-order valence-electron chi connectivity index (χ0n) is 9.42. The average molecular weight is 217 g/mol. The number of hydrogen-bond donors (Lipinski definition) is 1. The van der Waals surface area contributed by atoms with E-state index in [0.717, 1.165) is 32.6 Å². The van der Waals surface area contributed by atoms with Crippen molar-refractivity contribution in [3.05, 3.63) is 28.6 Å². The maximum atomic E-state index is 11.4. The van der Waals surface area contributed by atoms with E-state index in [1.807, 2.05) is 11.1 Å². The molecule has 0 saturated heterocycles. The molecule has 0 saturated carbocycles. The SMILES string of the molecule is CC(=O)N1CCc2ncc3c(c2C1)CNC3. The van der Waals surface area contributed by atoms with Gasteiger partial charge in [-0.25, -0.2) is 0 Å². The maximum absolute atomic E-state index is 11.4. The monoisotopic (exact) mass is 217 g/mol. The molecule has 0 fully saturated rings. The quantitative estimate of drug-likeness (QED) is 0.691. The Hall–Kier alpha value is -1.42. The van der Waals surface area contributed by atoms with Gasteiger partial charge in [0.05, 0.1) is 0 Å². The van der Waals surface area contributed by atoms with Crippen LogP contribution < -0.4 is 5.32 Å². The Bertz CT molecular complexity index is 456. The van der Waals surface area contributed by atoms with Crippen molar-refractivity contribution >= 4 is 5.91 Å². The van der Waals surface area contributed by atoms with Crippen LogP contribution in [0.1, 0.15) is 29.3 Å². The van der Waals surface area contributed by atoms with Gasteiger partial charge in [0.25, 0.3) is 0 Å². The zero-order chi connectivity index (χ0) is 11.1. The molecular weight excluding hydrogens is 202 g/mol. The lowest BCUT2D eigenvalue weighted by Crippen LogP contribution is -2.35. The summed E-state index contributed by atoms with van der Waals surface area (Å²) in [5, 5.41) is 3.34. The second-order valence-corrected chi connectivity index (χ2v) is 4.48. The minimum Gasteiger partial charge on any atom is -0.338 e. The van der Waals surface area contributed by atoms with E-state index in [9.17, 15) is 4.79 Å². The molecule has 4 nitrogen and oxygen atoms in total. The fourth-order valence-electron chi connectivity index (χ4n) is 2.56. The highest BCUT2D eigenvalue weighted by atomic mass is 16.2. The number of carbonyl (C=O) groups excluding carboxylic acids is 1. The van der Waals surface area contributed by atoms with E-state index in [-0.39, 0.29) is 5.91 Å². The topological polar surface area (TPSA) is 45.2 Å². The van der Waals surface area contributed by atoms with Gasteiger partial charge < -0.3 is 10.2 Å². The van der Waals surface area contributed by atoms with E-state index < -0.39 is 0 Å². The molecule has 0 aromatic carbocycles. The molecule has 0 bridgehead atoms. The fraction of sp³-hybridized carbons (Fsp3) is 0.500. The van der Waals surface area contributed by atoms with E-state index >= 15 is 0 Å². The van der Waals surface area contributed by atoms with Crippen molar-refractivity contribution in [2.45, 2.75) is 33.0 Å². The van der Waals surface area contributed by atoms with Crippen LogP contribution in [-0.4, -0.2) is 22.3 Å². The van der Waals surface area contributed by atoms with Crippen LogP contribution in [0.2, 0.25) is 0 Å². The van der Waals surface area contributed by atoms with Crippen LogP contribution in [-0.2, 0) is 30.8 Å². The Kier molecular flexibility index (Phi) is 2.17. The highest BCUT2D eigenvalue weighted by Crippen LogP contribution is 2.26. The molecule has 0 atom stereocenters. The summed E-state index contributed by atoms with van der Waals surface area (Å²) in [5.74, 6) is 0.161. The van der Waals surface area contributed by atoms with Gasteiger partial charge in [-0.1, -0.05) is 0 Å². The highest BCUT2D eigenvalue weighted by Gasteiger charge is 2.24. The molecule has 1 aromatic heterocycles. The van der Waals surface area contributed by atoms with Crippen LogP contribution in [0.4, 0.5) is 0 Å². The van der Waals surface area contributed by atoms with Crippen molar-refractivity contribution in [2.24, 2.45) is 0 Å². The summed E-state index contributed by atoms with van der Waals surface area (Å²) >= 11 is 0. The molecule has 16 heavy (non-hydrogen) atoms. The van der Waals surface area contributed by atoms with Crippen molar-refractivity contribution in [3.63, 3.8) is 0 Å². The minimum absolute atomic E-state index is 0.161. The van der Waals surface area contributed by atoms with Crippen molar-refractivity contribution in [3.8, 4) is 0 Å². The molecule has 1 aromatic rings. The molecule has 0 radical (unpaired) electrons. The molecule has 3 rings (SSSR count). The average Bonchev–Trinajstić information content (AvgIpc) is 2.76. The molecule has 0 aliphatic carbocycles. The number of fused-ring (bicyclic) bond motifs is 3. The maximum Gasteiger partial charge on any atom is 0.219 e. The van der Waals surface area contributed by atoms with Gasteiger partial charge in [0.1, 0.15) is 0 Å². The van der Waals surface area contributed by atoms with Gasteiger partial charge in [0.15, 0.2) is 0 Å². The third-order valence-corrected chi connectivity index (χ3v) is 3.51. The zero-order valence-corrected chi connectivity index (χ0v) is 9.42. The summed E-state index contributed by atoms with van der Waals surface area (Å²) in [6.07, 6.45) is 2.87. The van der Waals surface area contributed by atoms with Gasteiger partial charge in [-0.15, -0.1) is 0 Å². The molecule has 1 N–H and O–H groups in total. The third-order valence-electron chi connectivity index (χ3n) is 3.51. The summed E-state index contributed by atoms with van der Waals surface area (Å²) in [6.45, 7) is 5.02. The van der Waals surface area contributed by atoms with Crippen LogP contribution in [0.3, 0.4) is 0 Å². The summed E-state index contributed by atoms with van der Waals surface area (Å²) in [4.78, 5) is 17.8. The van der Waals surface area contributed by atoms with E-state index in [2.05, 4.69) is 10.3 Å². The van der Waals surface area contributed by atoms with E-state index in [1.165, 1.54) is 22.4 Å². The number of aromatic nitrogens is 1. The van der Waals surface area contributed by atoms with Gasteiger partial charge in [0, 0.05) is 51.4 Å². The molecule has 3 heterocycles. The molecule has 0 unspecified atom stereocenters. The summed E-state index contributed by atoms with van der Waals surface area (Å²) in [5.41, 5.74) is 5.13. The molecule has 2 aliphatic rings. The third kappa shape index (κ3) is 1.41. The first kappa shape index (κ1) is 9.78. The predicted octanol–water partition coefficient (Wildman–Crippen LogP) is 0.589. The first-order valence-corrected chi connectivity index (χ1v) is 5.70. The Morgan fingerprint density at radius 3 is 3.12 bits per heavy atom. The molecule has 2 aliphatic heterocycles. The van der Waals surface area contributed by atoms with E-state index in [4.69, 9.17) is 0 Å². The van der Waals surface area contributed by atoms with Gasteiger partial charge >= 0.3 is 0 Å². The van der Waals surface area contributed by atoms with Gasteiger partial charge in [-0.05, 0) is 16.7 Å². The number of rotatable bonds is 0. The van der Waals surface area contributed by atoms with Crippen molar-refractivity contribution < 1.29 is 4.79 Å². The summed E-state index contributed by atoms with van der Waals surface area (Å²) in [7, 11) is 0. The lowest BCUT2D eigenvalue weighted by atomic mass is 9.98. The van der Waals surface area contributed by atoms with Crippen LogP contribution in [0.25, 0.3) is 0 Å². The number of carbonyl (C=O) groups is 1. The van der Waals surface area contributed by atoms with Crippen molar-refractivity contribution in [1.82, 2.24) is 15.2 Å². The Labute approximate surface area is 94.7 Å². The summed E-state index contributed by atoms with van der Waals surface area (Å²) in [6, 6.07) is 0. The molecule has 4 heteroatoms. The van der Waals surface area contributed by atoms with Crippen LogP contribution in [0.15, 0.2) is 6.20 Å². The van der Waals surface area contributed by atoms with Gasteiger partial charge in [-0.2, -0.15) is 0 Å². The van der Waals surface area contributed by atoms with Gasteiger partial charge in [0.2, 0.25) is 5.91 Å². The first-order valence-electron chi connectivity index (χ1n) is 5.70. The Morgan fingerprint density at radius 2 is 2.31 bits per heavy atom. The van der Waals surface area contributed by atoms with Crippen LogP contribution in [0, 0.1) is 0 Å². The Morgan fingerprint density at radius 1 is 1.44 bits per heavy atom. The molecule has 1 amide bonds. The lowest BCUT2D eigenvalue weighted by molar-refractivity contribution is -0.129. The Balaban J connectivity index is 2.02. The predicted molar refractivity (Wildman–Crippen MR) is 59.6 cm³/mol. The lowest BCUT2D eigenvalue weighted by Gasteiger charge is -2.28. The standard InChI is InChI=1S/C12H15N3O/c1-8(16)15-3-2-12-11(7-15)10-6-13-4-9(10)5-14-12/h5,13H,2-4,6-7H2,1H3. The largest absolute Gasteiger partial charge is 0.338 e. The number of hydrogen-bond acceptors (Lipinski definition) is 3. The smallest absolute Gasteiger partial charge is 0.219 e. The van der Waals surface area contributed by atoms with Gasteiger partial charge in [-0.3, -0.25) is 9.78 Å². The number of nitrogens with one attached hydrogen (secondary N) is 1. The second-order valence-electron chi connectivity index (χ2n) is 4.48. The second kappa shape index (κ2) is 3.56. The number of pyridine rings is 1. The number of amides is 1. The van der Waals surface area contributed by atoms with E-state index in [1.54, 1.807) is 6.92 Å². The normalized spacial score (nSPS) is 18.2. The first-order chi connectivity index (χ1) is 7.75. The number of nitrogens with zero attached hydrogens (tertiary/aromatic N) is 2. The molecular formula is C12H15N3O. The van der Waals surface area contributed by atoms with Crippen molar-refractivity contribution in [2.75, 3.05) is 6.54 Å². The highest BCUT2D eigenvalue weighted by molar-refractivity contribution is 5.73. The molecule has 0 spiro atoms. The molecule has 84 valence electrons. The summed E-state index contributed by atoms with van der Waals surface area (Å²) < 4.78 is 0. The fourth-order valence-corrected chi connectivity index (χ4v) is 2.56. The van der Waals surface area contributed by atoms with Crippen LogP contribution >= 0.6 is 0 Å². The minimum atomic E-state index is 0.161. The van der Waals surface area contributed by atoms with Crippen LogP contribution in [0.5, 0.6) is 0 Å². The van der Waals surface area contributed by atoms with Crippen molar-refractivity contribution in [1.29, 1.82) is 0 Å². The van der Waals surface area contributed by atoms with E-state index in [0.29, 0.717) is 0 Å².